The molecule has 0 amide bonds. The van der Waals surface area contributed by atoms with Gasteiger partial charge in [0.05, 0.1) is 11.9 Å². The highest BCUT2D eigenvalue weighted by Gasteiger charge is 1.90. The summed E-state index contributed by atoms with van der Waals surface area (Å²) in [6.45, 7) is 5.61. The van der Waals surface area contributed by atoms with Crippen molar-refractivity contribution < 1.29 is 8.83 Å². The number of rotatable bonds is 0. The number of aromatic nitrogens is 2. The Balaban J connectivity index is 0.000000132. The van der Waals surface area contributed by atoms with Gasteiger partial charge in [0.25, 0.3) is 0 Å². The largest absolute Gasteiger partial charge is 0.449 e. The van der Waals surface area contributed by atoms with Gasteiger partial charge >= 0.3 is 0 Å². The predicted octanol–water partition coefficient (Wildman–Crippen LogP) is 2.27. The molecule has 70 valence electrons. The lowest BCUT2D eigenvalue weighted by Crippen LogP contribution is -1.69. The van der Waals surface area contributed by atoms with Gasteiger partial charge in [0.15, 0.2) is 12.3 Å². The Labute approximate surface area is 76.6 Å². The van der Waals surface area contributed by atoms with E-state index in [2.05, 4.69) is 9.97 Å². The molecule has 13 heavy (non-hydrogen) atoms. The van der Waals surface area contributed by atoms with Crippen LogP contribution >= 0.6 is 0 Å². The van der Waals surface area contributed by atoms with Crippen LogP contribution in [0.3, 0.4) is 0 Å². The SMILES string of the molecule is Cc1ncco1.Cc1ncoc1C. The Morgan fingerprint density at radius 1 is 1.08 bits per heavy atom. The molecule has 4 nitrogen and oxygen atoms in total. The second-order valence-electron chi connectivity index (χ2n) is 2.55. The van der Waals surface area contributed by atoms with Crippen LogP contribution in [-0.4, -0.2) is 9.97 Å². The second kappa shape index (κ2) is 4.45. The minimum atomic E-state index is 0.718. The smallest absolute Gasteiger partial charge is 0.190 e. The maximum absolute atomic E-state index is 4.85. The summed E-state index contributed by atoms with van der Waals surface area (Å²) in [6.07, 6.45) is 4.62. The number of hydrogen-bond acceptors (Lipinski definition) is 4. The second-order valence-corrected chi connectivity index (χ2v) is 2.55. The van der Waals surface area contributed by atoms with Gasteiger partial charge in [-0.25, -0.2) is 9.97 Å². The van der Waals surface area contributed by atoms with E-state index in [9.17, 15) is 0 Å². The number of aryl methyl sites for hydroxylation is 3. The molecule has 0 fully saturated rings. The lowest BCUT2D eigenvalue weighted by Gasteiger charge is -1.76. The Kier molecular flexibility index (Phi) is 3.25. The van der Waals surface area contributed by atoms with Crippen molar-refractivity contribution in [1.82, 2.24) is 9.97 Å². The van der Waals surface area contributed by atoms with E-state index in [0.29, 0.717) is 0 Å². The van der Waals surface area contributed by atoms with E-state index in [4.69, 9.17) is 8.83 Å². The zero-order chi connectivity index (χ0) is 9.68. The molecular formula is C9H12N2O2. The van der Waals surface area contributed by atoms with Gasteiger partial charge in [-0.05, 0) is 13.8 Å². The molecule has 0 atom stereocenters. The van der Waals surface area contributed by atoms with Crippen LogP contribution in [0.2, 0.25) is 0 Å². The van der Waals surface area contributed by atoms with E-state index >= 15 is 0 Å². The fraction of sp³-hybridized carbons (Fsp3) is 0.333. The van der Waals surface area contributed by atoms with Gasteiger partial charge in [-0.15, -0.1) is 0 Å². The van der Waals surface area contributed by atoms with Crippen molar-refractivity contribution in [2.75, 3.05) is 0 Å². The van der Waals surface area contributed by atoms with Gasteiger partial charge in [0, 0.05) is 6.92 Å². The third-order valence-electron chi connectivity index (χ3n) is 1.54. The summed E-state index contributed by atoms with van der Waals surface area (Å²) in [5.41, 5.74) is 0.972. The normalized spacial score (nSPS) is 9.15. The fourth-order valence-electron chi connectivity index (χ4n) is 0.655. The van der Waals surface area contributed by atoms with Gasteiger partial charge in [0.2, 0.25) is 0 Å². The lowest BCUT2D eigenvalue weighted by atomic mass is 10.4. The topological polar surface area (TPSA) is 52.1 Å². The van der Waals surface area contributed by atoms with Crippen LogP contribution in [0.4, 0.5) is 0 Å². The van der Waals surface area contributed by atoms with Crippen LogP contribution < -0.4 is 0 Å². The van der Waals surface area contributed by atoms with E-state index in [1.807, 2.05) is 13.8 Å². The summed E-state index contributed by atoms with van der Waals surface area (Å²) in [6, 6.07) is 0. The summed E-state index contributed by atoms with van der Waals surface area (Å²) in [7, 11) is 0. The first-order chi connectivity index (χ1) is 6.20. The summed E-state index contributed by atoms with van der Waals surface area (Å²) >= 11 is 0. The molecular weight excluding hydrogens is 168 g/mol. The number of oxazole rings is 2. The van der Waals surface area contributed by atoms with Gasteiger partial charge in [-0.1, -0.05) is 0 Å². The Bertz CT molecular complexity index is 322. The molecule has 2 heterocycles. The van der Waals surface area contributed by atoms with Crippen molar-refractivity contribution >= 4 is 0 Å². The summed E-state index contributed by atoms with van der Waals surface area (Å²) in [4.78, 5) is 7.60. The molecule has 0 bridgehead atoms. The van der Waals surface area contributed by atoms with Crippen molar-refractivity contribution in [2.45, 2.75) is 20.8 Å². The van der Waals surface area contributed by atoms with Crippen LogP contribution in [0.5, 0.6) is 0 Å². The van der Waals surface area contributed by atoms with E-state index < -0.39 is 0 Å². The maximum atomic E-state index is 4.85. The molecule has 0 aliphatic carbocycles. The van der Waals surface area contributed by atoms with Gasteiger partial charge < -0.3 is 8.83 Å². The molecule has 2 aromatic heterocycles. The van der Waals surface area contributed by atoms with Crippen LogP contribution in [-0.2, 0) is 0 Å². The molecule has 0 aliphatic heterocycles. The highest BCUT2D eigenvalue weighted by Crippen LogP contribution is 1.99. The number of hydrogen-bond donors (Lipinski definition) is 0. The summed E-state index contributed by atoms with van der Waals surface area (Å²) in [5, 5.41) is 0. The predicted molar refractivity (Wildman–Crippen MR) is 47.2 cm³/mol. The van der Waals surface area contributed by atoms with Crippen LogP contribution in [0.1, 0.15) is 17.3 Å². The molecule has 4 heteroatoms. The van der Waals surface area contributed by atoms with Crippen molar-refractivity contribution in [1.29, 1.82) is 0 Å². The molecule has 0 aromatic carbocycles. The van der Waals surface area contributed by atoms with Crippen molar-refractivity contribution in [3.8, 4) is 0 Å². The van der Waals surface area contributed by atoms with Crippen molar-refractivity contribution in [3.05, 3.63) is 36.2 Å². The molecule has 0 N–H and O–H groups in total. The zero-order valence-electron chi connectivity index (χ0n) is 7.94. The van der Waals surface area contributed by atoms with E-state index in [1.54, 1.807) is 19.4 Å². The third-order valence-corrected chi connectivity index (χ3v) is 1.54. The first-order valence-electron chi connectivity index (χ1n) is 3.93. The van der Waals surface area contributed by atoms with Gasteiger partial charge in [-0.3, -0.25) is 0 Å². The molecule has 0 radical (unpaired) electrons. The molecule has 0 aliphatic rings. The molecule has 0 saturated heterocycles. The monoisotopic (exact) mass is 180 g/mol. The first-order valence-corrected chi connectivity index (χ1v) is 3.93. The molecule has 2 rings (SSSR count). The minimum Gasteiger partial charge on any atom is -0.449 e. The molecule has 0 spiro atoms. The Morgan fingerprint density at radius 3 is 2.00 bits per heavy atom. The molecule has 2 aromatic rings. The Hall–Kier alpha value is -1.58. The quantitative estimate of drug-likeness (QED) is 0.624. The number of nitrogens with zero attached hydrogens (tertiary/aromatic N) is 2. The average Bonchev–Trinajstić information content (AvgIpc) is 2.67. The standard InChI is InChI=1S/C5H7NO.C4H5NO/c1-4-5(2)7-3-6-4;1-4-5-2-3-6-4/h3H,1-2H3;2-3H,1H3. The van der Waals surface area contributed by atoms with Crippen LogP contribution in [0, 0.1) is 20.8 Å². The van der Waals surface area contributed by atoms with Crippen LogP contribution in [0.15, 0.2) is 27.7 Å². The minimum absolute atomic E-state index is 0.718. The average molecular weight is 180 g/mol. The molecule has 0 saturated carbocycles. The highest BCUT2D eigenvalue weighted by atomic mass is 16.3. The van der Waals surface area contributed by atoms with E-state index in [1.165, 1.54) is 6.39 Å². The summed E-state index contributed by atoms with van der Waals surface area (Å²) < 4.78 is 9.58. The zero-order valence-corrected chi connectivity index (χ0v) is 7.94. The first kappa shape index (κ1) is 9.51. The summed E-state index contributed by atoms with van der Waals surface area (Å²) in [5.74, 6) is 1.62. The fourth-order valence-corrected chi connectivity index (χ4v) is 0.655. The third kappa shape index (κ3) is 3.11. The maximum Gasteiger partial charge on any atom is 0.190 e. The van der Waals surface area contributed by atoms with E-state index in [0.717, 1.165) is 17.3 Å². The lowest BCUT2D eigenvalue weighted by molar-refractivity contribution is 0.521. The highest BCUT2D eigenvalue weighted by molar-refractivity contribution is 5.00. The van der Waals surface area contributed by atoms with Gasteiger partial charge in [-0.2, -0.15) is 0 Å². The Morgan fingerprint density at radius 2 is 1.85 bits per heavy atom. The van der Waals surface area contributed by atoms with Crippen LogP contribution in [0.25, 0.3) is 0 Å². The van der Waals surface area contributed by atoms with Crippen molar-refractivity contribution in [3.63, 3.8) is 0 Å². The van der Waals surface area contributed by atoms with Gasteiger partial charge in [0.1, 0.15) is 12.0 Å². The van der Waals surface area contributed by atoms with Crippen molar-refractivity contribution in [2.24, 2.45) is 0 Å². The van der Waals surface area contributed by atoms with E-state index in [-0.39, 0.29) is 0 Å². The molecule has 0 unspecified atom stereocenters.